The molecule has 1 atom stereocenters. The van der Waals surface area contributed by atoms with Crippen molar-refractivity contribution in [1.82, 2.24) is 10.2 Å². The van der Waals surface area contributed by atoms with E-state index in [2.05, 4.69) is 20.4 Å². The zero-order valence-electron chi connectivity index (χ0n) is 13.5. The molecule has 1 aromatic heterocycles. The normalized spacial score (nSPS) is 17.6. The maximum Gasteiger partial charge on any atom is 0.269 e. The molecule has 3 N–H and O–H groups in total. The highest BCUT2D eigenvalue weighted by Gasteiger charge is 2.22. The average Bonchev–Trinajstić information content (AvgIpc) is 2.58. The van der Waals surface area contributed by atoms with Crippen molar-refractivity contribution in [3.8, 4) is 0 Å². The first-order valence-electron chi connectivity index (χ1n) is 7.94. The van der Waals surface area contributed by atoms with Crippen LogP contribution in [0, 0.1) is 12.7 Å². The maximum absolute atomic E-state index is 14.1. The summed E-state index contributed by atoms with van der Waals surface area (Å²) < 4.78 is 14.1. The van der Waals surface area contributed by atoms with E-state index in [9.17, 15) is 9.18 Å². The van der Waals surface area contributed by atoms with E-state index in [1.165, 1.54) is 6.07 Å². The molecule has 0 saturated carbocycles. The molecule has 1 saturated heterocycles. The van der Waals surface area contributed by atoms with Gasteiger partial charge in [0.15, 0.2) is 5.69 Å². The summed E-state index contributed by atoms with van der Waals surface area (Å²) >= 11 is 0. The fraction of sp³-hybridized carbons (Fsp3) is 0.353. The summed E-state index contributed by atoms with van der Waals surface area (Å²) in [6, 6.07) is 8.51. The number of nitrogens with zero attached hydrogens (tertiary/aromatic N) is 3. The van der Waals surface area contributed by atoms with E-state index in [-0.39, 0.29) is 17.6 Å². The lowest BCUT2D eigenvalue weighted by Crippen LogP contribution is -2.42. The molecule has 1 fully saturated rings. The largest absolute Gasteiger partial charge is 0.367 e. The number of nitrogens with two attached hydrogens (primary N) is 1. The fourth-order valence-corrected chi connectivity index (χ4v) is 2.93. The molecule has 2 heterocycles. The number of anilines is 2. The first-order valence-corrected chi connectivity index (χ1v) is 7.94. The van der Waals surface area contributed by atoms with Crippen LogP contribution in [0.3, 0.4) is 0 Å². The molecule has 1 aromatic carbocycles. The van der Waals surface area contributed by atoms with Crippen molar-refractivity contribution in [2.75, 3.05) is 23.3 Å². The Bertz CT molecular complexity index is 734. The third-order valence-electron chi connectivity index (χ3n) is 4.13. The quantitative estimate of drug-likeness (QED) is 0.897. The first kappa shape index (κ1) is 16.2. The van der Waals surface area contributed by atoms with Crippen molar-refractivity contribution >= 4 is 17.4 Å². The highest BCUT2D eigenvalue weighted by molar-refractivity contribution is 5.90. The second-order valence-electron chi connectivity index (χ2n) is 6.05. The van der Waals surface area contributed by atoms with E-state index in [0.717, 1.165) is 24.9 Å². The van der Waals surface area contributed by atoms with Crippen LogP contribution in [-0.4, -0.2) is 35.2 Å². The predicted octanol–water partition coefficient (Wildman–Crippen LogP) is 2.10. The monoisotopic (exact) mass is 329 g/mol. The van der Waals surface area contributed by atoms with Gasteiger partial charge in [-0.05, 0) is 49.6 Å². The van der Waals surface area contributed by atoms with Crippen molar-refractivity contribution in [3.63, 3.8) is 0 Å². The summed E-state index contributed by atoms with van der Waals surface area (Å²) in [6.07, 6.45) is 1.92. The highest BCUT2D eigenvalue weighted by Crippen LogP contribution is 2.25. The molecule has 0 aliphatic carbocycles. The second-order valence-corrected chi connectivity index (χ2v) is 6.05. The molecule has 0 radical (unpaired) electrons. The number of piperidine rings is 1. The number of carbonyl (C=O) groups excluding carboxylic acids is 1. The van der Waals surface area contributed by atoms with Crippen molar-refractivity contribution in [2.24, 2.45) is 5.73 Å². The summed E-state index contributed by atoms with van der Waals surface area (Å²) in [5.41, 5.74) is 6.96. The van der Waals surface area contributed by atoms with Gasteiger partial charge >= 0.3 is 0 Å². The van der Waals surface area contributed by atoms with Crippen LogP contribution in [0.15, 0.2) is 30.3 Å². The van der Waals surface area contributed by atoms with Gasteiger partial charge in [-0.25, -0.2) is 4.39 Å². The minimum Gasteiger partial charge on any atom is -0.367 e. The van der Waals surface area contributed by atoms with Crippen molar-refractivity contribution in [3.05, 3.63) is 47.4 Å². The van der Waals surface area contributed by atoms with Crippen LogP contribution >= 0.6 is 0 Å². The number of aryl methyl sites for hydroxylation is 1. The molecule has 6 nitrogen and oxygen atoms in total. The van der Waals surface area contributed by atoms with Gasteiger partial charge in [-0.2, -0.15) is 0 Å². The Balaban J connectivity index is 1.69. The van der Waals surface area contributed by atoms with Crippen LogP contribution in [0.1, 0.15) is 28.9 Å². The molecule has 7 heteroatoms. The lowest BCUT2D eigenvalue weighted by atomic mass is 10.0. The van der Waals surface area contributed by atoms with Gasteiger partial charge in [-0.3, -0.25) is 4.79 Å². The Morgan fingerprint density at radius 1 is 1.33 bits per heavy atom. The Morgan fingerprint density at radius 2 is 2.17 bits per heavy atom. The molecular weight excluding hydrogens is 309 g/mol. The van der Waals surface area contributed by atoms with E-state index >= 15 is 0 Å². The van der Waals surface area contributed by atoms with Crippen LogP contribution in [0.5, 0.6) is 0 Å². The van der Waals surface area contributed by atoms with Gasteiger partial charge < -0.3 is 16.0 Å². The Labute approximate surface area is 139 Å². The van der Waals surface area contributed by atoms with Crippen LogP contribution in [0.25, 0.3) is 0 Å². The number of benzene rings is 1. The summed E-state index contributed by atoms with van der Waals surface area (Å²) in [4.78, 5) is 13.1. The van der Waals surface area contributed by atoms with Crippen LogP contribution < -0.4 is 16.0 Å². The standard InChI is InChI=1S/C17H20FN5O/c1-11-4-5-13(18)15(9-11)23-8-2-3-12(10-23)20-16-7-6-14(17(19)24)21-22-16/h4-7,9,12H,2-3,8,10H2,1H3,(H2,19,24)(H,20,22)/t12-/m1/s1. The topological polar surface area (TPSA) is 84.1 Å². The Hall–Kier alpha value is -2.70. The van der Waals surface area contributed by atoms with Crippen molar-refractivity contribution in [1.29, 1.82) is 0 Å². The van der Waals surface area contributed by atoms with Gasteiger partial charge in [0.2, 0.25) is 0 Å². The number of aromatic nitrogens is 2. The minimum absolute atomic E-state index is 0.132. The van der Waals surface area contributed by atoms with Crippen molar-refractivity contribution < 1.29 is 9.18 Å². The molecule has 1 amide bonds. The van der Waals surface area contributed by atoms with Crippen LogP contribution in [0.2, 0.25) is 0 Å². The van der Waals surface area contributed by atoms with Gasteiger partial charge in [-0.15, -0.1) is 10.2 Å². The SMILES string of the molecule is Cc1ccc(F)c(N2CCC[C@@H](Nc3ccc(C(N)=O)nn3)C2)c1. The second kappa shape index (κ2) is 6.82. The first-order chi connectivity index (χ1) is 11.5. The van der Waals surface area contributed by atoms with Gasteiger partial charge in [0, 0.05) is 19.1 Å². The summed E-state index contributed by atoms with van der Waals surface area (Å²) in [5, 5.41) is 11.0. The molecule has 3 rings (SSSR count). The van der Waals surface area contributed by atoms with Crippen LogP contribution in [0.4, 0.5) is 15.9 Å². The van der Waals surface area contributed by atoms with Gasteiger partial charge in [0.05, 0.1) is 5.69 Å². The molecule has 1 aliphatic heterocycles. The van der Waals surface area contributed by atoms with E-state index in [1.54, 1.807) is 18.2 Å². The molecule has 126 valence electrons. The number of amides is 1. The zero-order valence-corrected chi connectivity index (χ0v) is 13.5. The Morgan fingerprint density at radius 3 is 2.88 bits per heavy atom. The average molecular weight is 329 g/mol. The molecular formula is C17H20FN5O. The fourth-order valence-electron chi connectivity index (χ4n) is 2.93. The number of primary amides is 1. The number of halogens is 1. The highest BCUT2D eigenvalue weighted by atomic mass is 19.1. The number of hydrogen-bond acceptors (Lipinski definition) is 5. The Kier molecular flexibility index (Phi) is 4.59. The van der Waals surface area contributed by atoms with E-state index in [4.69, 9.17) is 5.73 Å². The van der Waals surface area contributed by atoms with E-state index in [0.29, 0.717) is 18.1 Å². The molecule has 2 aromatic rings. The molecule has 0 spiro atoms. The molecule has 0 bridgehead atoms. The number of hydrogen-bond donors (Lipinski definition) is 2. The van der Waals surface area contributed by atoms with Crippen molar-refractivity contribution in [2.45, 2.75) is 25.8 Å². The molecule has 0 unspecified atom stereocenters. The number of nitrogens with one attached hydrogen (secondary N) is 1. The van der Waals surface area contributed by atoms with E-state index < -0.39 is 5.91 Å². The molecule has 24 heavy (non-hydrogen) atoms. The third-order valence-corrected chi connectivity index (χ3v) is 4.13. The third kappa shape index (κ3) is 3.61. The van der Waals surface area contributed by atoms with Gasteiger partial charge in [-0.1, -0.05) is 6.07 Å². The number of rotatable bonds is 4. The van der Waals surface area contributed by atoms with Crippen LogP contribution in [-0.2, 0) is 0 Å². The lowest BCUT2D eigenvalue weighted by Gasteiger charge is -2.35. The molecule has 1 aliphatic rings. The zero-order chi connectivity index (χ0) is 17.1. The minimum atomic E-state index is -0.604. The summed E-state index contributed by atoms with van der Waals surface area (Å²) in [5.74, 6) is -0.226. The predicted molar refractivity (Wildman–Crippen MR) is 90.5 cm³/mol. The van der Waals surface area contributed by atoms with Gasteiger partial charge in [0.1, 0.15) is 11.6 Å². The summed E-state index contributed by atoms with van der Waals surface area (Å²) in [6.45, 7) is 3.46. The lowest BCUT2D eigenvalue weighted by molar-refractivity contribution is 0.0994. The summed E-state index contributed by atoms with van der Waals surface area (Å²) in [7, 11) is 0. The maximum atomic E-state index is 14.1. The number of carbonyl (C=O) groups is 1. The van der Waals surface area contributed by atoms with E-state index in [1.807, 2.05) is 13.0 Å². The smallest absolute Gasteiger partial charge is 0.269 e. The van der Waals surface area contributed by atoms with Gasteiger partial charge in [0.25, 0.3) is 5.91 Å².